The molecule has 4 rings (SSSR count). The van der Waals surface area contributed by atoms with E-state index in [0.29, 0.717) is 6.61 Å². The summed E-state index contributed by atoms with van der Waals surface area (Å²) >= 11 is 1.48. The molecule has 1 aliphatic heterocycles. The summed E-state index contributed by atoms with van der Waals surface area (Å²) in [5.74, 6) is 1.52. The van der Waals surface area contributed by atoms with Crippen molar-refractivity contribution in [3.63, 3.8) is 0 Å². The Bertz CT molecular complexity index is 1050. The molecule has 1 saturated heterocycles. The van der Waals surface area contributed by atoms with Gasteiger partial charge < -0.3 is 33.9 Å². The van der Waals surface area contributed by atoms with Gasteiger partial charge in [0.25, 0.3) is 0 Å². The lowest BCUT2D eigenvalue weighted by atomic mass is 9.99. The predicted octanol–water partition coefficient (Wildman–Crippen LogP) is 4.04. The predicted molar refractivity (Wildman–Crippen MR) is 137 cm³/mol. The Labute approximate surface area is 215 Å². The molecule has 5 atom stereocenters. The van der Waals surface area contributed by atoms with Crippen LogP contribution in [0, 0.1) is 0 Å². The van der Waals surface area contributed by atoms with Crippen LogP contribution in [0.5, 0.6) is 11.5 Å². The minimum atomic E-state index is -1.07. The molecular weight excluding hydrogens is 480 g/mol. The van der Waals surface area contributed by atoms with Gasteiger partial charge in [-0.2, -0.15) is 0 Å². The van der Waals surface area contributed by atoms with Crippen LogP contribution >= 0.6 is 11.8 Å². The lowest BCUT2D eigenvalue weighted by Gasteiger charge is -2.43. The van der Waals surface area contributed by atoms with Crippen molar-refractivity contribution in [1.29, 1.82) is 0 Å². The Balaban J connectivity index is 1.55. The van der Waals surface area contributed by atoms with Crippen LogP contribution in [0.1, 0.15) is 11.1 Å². The van der Waals surface area contributed by atoms with Gasteiger partial charge in [-0.1, -0.05) is 54.2 Å². The molecule has 36 heavy (non-hydrogen) atoms. The minimum absolute atomic E-state index is 0.259. The van der Waals surface area contributed by atoms with Gasteiger partial charge in [-0.15, -0.1) is 0 Å². The molecule has 0 unspecified atom stereocenters. The number of aliphatic hydroxyl groups is 2. The van der Waals surface area contributed by atoms with E-state index in [4.69, 9.17) is 23.7 Å². The quantitative estimate of drug-likeness (QED) is 0.398. The first-order chi connectivity index (χ1) is 17.6. The van der Waals surface area contributed by atoms with E-state index in [1.807, 2.05) is 78.9 Å². The van der Waals surface area contributed by atoms with E-state index in [2.05, 4.69) is 0 Å². The highest BCUT2D eigenvalue weighted by molar-refractivity contribution is 7.99. The van der Waals surface area contributed by atoms with Crippen LogP contribution in [0.4, 0.5) is 0 Å². The molecule has 0 saturated carbocycles. The fraction of sp³-hybridized carbons (Fsp3) is 0.357. The van der Waals surface area contributed by atoms with E-state index in [1.165, 1.54) is 11.8 Å². The van der Waals surface area contributed by atoms with Crippen molar-refractivity contribution in [3.8, 4) is 11.5 Å². The molecule has 8 heteroatoms. The molecule has 1 aliphatic rings. The van der Waals surface area contributed by atoms with E-state index in [-0.39, 0.29) is 13.2 Å². The summed E-state index contributed by atoms with van der Waals surface area (Å²) in [6.45, 7) is 0.221. The normalized spacial score (nSPS) is 23.8. The molecule has 0 amide bonds. The first-order valence-electron chi connectivity index (χ1n) is 11.8. The zero-order valence-corrected chi connectivity index (χ0v) is 21.2. The number of hydrogen-bond acceptors (Lipinski definition) is 8. The van der Waals surface area contributed by atoms with Crippen LogP contribution in [0.3, 0.4) is 0 Å². The van der Waals surface area contributed by atoms with Crippen LogP contribution in [-0.4, -0.2) is 60.9 Å². The Morgan fingerprint density at radius 2 is 1.28 bits per heavy atom. The zero-order chi connectivity index (χ0) is 25.3. The second-order valence-corrected chi connectivity index (χ2v) is 9.57. The van der Waals surface area contributed by atoms with Crippen molar-refractivity contribution in [2.24, 2.45) is 0 Å². The SMILES string of the molecule is COc1ccc(CO[C@@H]2[C@@H](OCc3ccc(OC)cc3)[C@@H](O)[C@@H](CO)O[C@H]2Sc2ccccc2)cc1. The monoisotopic (exact) mass is 512 g/mol. The van der Waals surface area contributed by atoms with E-state index >= 15 is 0 Å². The number of aliphatic hydroxyl groups excluding tert-OH is 2. The smallest absolute Gasteiger partial charge is 0.137 e. The Hall–Kier alpha value is -2.59. The third-order valence-electron chi connectivity index (χ3n) is 6.00. The molecule has 7 nitrogen and oxygen atoms in total. The summed E-state index contributed by atoms with van der Waals surface area (Å²) in [6, 6.07) is 25.0. The average molecular weight is 513 g/mol. The van der Waals surface area contributed by atoms with Crippen molar-refractivity contribution in [2.75, 3.05) is 20.8 Å². The summed E-state index contributed by atoms with van der Waals surface area (Å²) < 4.78 is 29.2. The van der Waals surface area contributed by atoms with Gasteiger partial charge in [0.2, 0.25) is 0 Å². The molecule has 3 aromatic rings. The molecule has 1 heterocycles. The topological polar surface area (TPSA) is 86.6 Å². The lowest BCUT2D eigenvalue weighted by molar-refractivity contribution is -0.237. The summed E-state index contributed by atoms with van der Waals surface area (Å²) in [6.07, 6.45) is -3.19. The Morgan fingerprint density at radius 3 is 1.78 bits per heavy atom. The van der Waals surface area contributed by atoms with Gasteiger partial charge in [0.05, 0.1) is 34.0 Å². The van der Waals surface area contributed by atoms with Gasteiger partial charge in [-0.3, -0.25) is 0 Å². The molecular formula is C28H32O7S. The van der Waals surface area contributed by atoms with Crippen LogP contribution in [0.25, 0.3) is 0 Å². The van der Waals surface area contributed by atoms with Crippen LogP contribution < -0.4 is 9.47 Å². The molecule has 0 aliphatic carbocycles. The average Bonchev–Trinajstić information content (AvgIpc) is 2.93. The maximum Gasteiger partial charge on any atom is 0.137 e. The van der Waals surface area contributed by atoms with Crippen molar-refractivity contribution < 1.29 is 33.9 Å². The van der Waals surface area contributed by atoms with Gasteiger partial charge in [0, 0.05) is 4.90 Å². The number of ether oxygens (including phenoxy) is 5. The molecule has 3 aromatic carbocycles. The number of rotatable bonds is 11. The summed E-state index contributed by atoms with van der Waals surface area (Å²) in [7, 11) is 3.24. The fourth-order valence-corrected chi connectivity index (χ4v) is 5.11. The molecule has 192 valence electrons. The first kappa shape index (κ1) is 26.5. The van der Waals surface area contributed by atoms with Crippen LogP contribution in [0.15, 0.2) is 83.8 Å². The highest BCUT2D eigenvalue weighted by Crippen LogP contribution is 2.36. The maximum absolute atomic E-state index is 11.1. The van der Waals surface area contributed by atoms with Gasteiger partial charge in [-0.25, -0.2) is 0 Å². The molecule has 0 aromatic heterocycles. The van der Waals surface area contributed by atoms with Crippen LogP contribution in [-0.2, 0) is 27.4 Å². The number of hydrogen-bond donors (Lipinski definition) is 2. The molecule has 0 bridgehead atoms. The third kappa shape index (κ3) is 6.79. The molecule has 1 fully saturated rings. The van der Waals surface area contributed by atoms with E-state index in [0.717, 1.165) is 27.5 Å². The number of methoxy groups -OCH3 is 2. The van der Waals surface area contributed by atoms with Gasteiger partial charge in [0.15, 0.2) is 0 Å². The highest BCUT2D eigenvalue weighted by Gasteiger charge is 2.47. The lowest BCUT2D eigenvalue weighted by Crippen LogP contribution is -2.59. The Morgan fingerprint density at radius 1 is 0.750 bits per heavy atom. The van der Waals surface area contributed by atoms with E-state index in [9.17, 15) is 10.2 Å². The minimum Gasteiger partial charge on any atom is -0.497 e. The first-order valence-corrected chi connectivity index (χ1v) is 12.6. The van der Waals surface area contributed by atoms with Crippen molar-refractivity contribution in [1.82, 2.24) is 0 Å². The van der Waals surface area contributed by atoms with E-state index in [1.54, 1.807) is 14.2 Å². The molecule has 0 spiro atoms. The summed E-state index contributed by atoms with van der Waals surface area (Å²) in [5, 5.41) is 21.0. The standard InChI is InChI=1S/C28H32O7S/c1-31-21-12-8-19(9-13-21)17-33-26-25(30)24(16-29)35-28(36-23-6-4-3-5-7-23)27(26)34-18-20-10-14-22(32-2)15-11-20/h3-15,24-30H,16-18H2,1-2H3/t24-,25+,26+,27-,28+/m1/s1. The fourth-order valence-electron chi connectivity index (χ4n) is 3.97. The zero-order valence-electron chi connectivity index (χ0n) is 20.4. The summed E-state index contributed by atoms with van der Waals surface area (Å²) in [5.41, 5.74) is 1.37. The number of benzene rings is 3. The molecule has 2 N–H and O–H groups in total. The largest absolute Gasteiger partial charge is 0.497 e. The molecule has 0 radical (unpaired) electrons. The summed E-state index contributed by atoms with van der Waals surface area (Å²) in [4.78, 5) is 0.988. The van der Waals surface area contributed by atoms with Crippen molar-refractivity contribution in [2.45, 2.75) is 48.0 Å². The third-order valence-corrected chi connectivity index (χ3v) is 7.15. The highest BCUT2D eigenvalue weighted by atomic mass is 32.2. The number of thioether (sulfide) groups is 1. The van der Waals surface area contributed by atoms with E-state index < -0.39 is 29.9 Å². The second-order valence-electron chi connectivity index (χ2n) is 8.39. The van der Waals surface area contributed by atoms with Crippen LogP contribution in [0.2, 0.25) is 0 Å². The van der Waals surface area contributed by atoms with Crippen molar-refractivity contribution in [3.05, 3.63) is 90.0 Å². The van der Waals surface area contributed by atoms with Gasteiger partial charge >= 0.3 is 0 Å². The second kappa shape index (κ2) is 13.1. The maximum atomic E-state index is 11.1. The van der Waals surface area contributed by atoms with Gasteiger partial charge in [0.1, 0.15) is 41.4 Å². The van der Waals surface area contributed by atoms with Gasteiger partial charge in [-0.05, 0) is 47.5 Å². The van der Waals surface area contributed by atoms with Crippen molar-refractivity contribution >= 4 is 11.8 Å². The Kier molecular flexibility index (Phi) is 9.63.